The molecule has 0 fully saturated rings. The molecule has 18 heavy (non-hydrogen) atoms. The van der Waals surface area contributed by atoms with E-state index in [4.69, 9.17) is 4.74 Å². The van der Waals surface area contributed by atoms with Crippen LogP contribution in [0, 0.1) is 0 Å². The maximum absolute atomic E-state index is 13.6. The van der Waals surface area contributed by atoms with E-state index in [9.17, 15) is 9.50 Å². The number of ether oxygens (including phenoxy) is 1. The Morgan fingerprint density at radius 2 is 1.72 bits per heavy atom. The molecule has 2 nitrogen and oxygen atoms in total. The van der Waals surface area contributed by atoms with Gasteiger partial charge in [-0.2, -0.15) is 0 Å². The molecule has 3 heteroatoms. The lowest BCUT2D eigenvalue weighted by Gasteiger charge is -2.18. The molecule has 0 aliphatic rings. The van der Waals surface area contributed by atoms with Gasteiger partial charge in [0.15, 0.2) is 0 Å². The third kappa shape index (κ3) is 2.51. The molecular formula is C15H15FO2. The molecule has 1 N–H and O–H groups in total. The van der Waals surface area contributed by atoms with Crippen molar-refractivity contribution in [3.05, 3.63) is 54.1 Å². The molecule has 0 heterocycles. The van der Waals surface area contributed by atoms with Crippen LogP contribution in [-0.2, 0) is 5.85 Å². The second-order valence-electron chi connectivity index (χ2n) is 4.23. The second-order valence-corrected chi connectivity index (χ2v) is 4.23. The van der Waals surface area contributed by atoms with Gasteiger partial charge >= 0.3 is 0 Å². The molecule has 2 aromatic carbocycles. The van der Waals surface area contributed by atoms with Crippen molar-refractivity contribution in [1.29, 1.82) is 0 Å². The first-order chi connectivity index (χ1) is 8.52. The lowest BCUT2D eigenvalue weighted by molar-refractivity contribution is -0.0783. The third-order valence-electron chi connectivity index (χ3n) is 2.80. The molecule has 1 unspecified atom stereocenters. The first kappa shape index (κ1) is 12.6. The van der Waals surface area contributed by atoms with E-state index in [1.165, 1.54) is 7.11 Å². The van der Waals surface area contributed by atoms with Gasteiger partial charge in [0, 0.05) is 0 Å². The van der Waals surface area contributed by atoms with Crippen molar-refractivity contribution in [2.75, 3.05) is 7.11 Å². The Kier molecular flexibility index (Phi) is 3.34. The minimum atomic E-state index is -2.40. The number of aliphatic hydroxyl groups is 1. The average molecular weight is 246 g/mol. The molecular weight excluding hydrogens is 231 g/mol. The van der Waals surface area contributed by atoms with Gasteiger partial charge in [0.1, 0.15) is 5.75 Å². The first-order valence-electron chi connectivity index (χ1n) is 5.67. The molecule has 0 spiro atoms. The van der Waals surface area contributed by atoms with E-state index in [2.05, 4.69) is 0 Å². The molecule has 0 aromatic heterocycles. The lowest BCUT2D eigenvalue weighted by atomic mass is 10.0. The van der Waals surface area contributed by atoms with Crippen molar-refractivity contribution in [2.45, 2.75) is 12.8 Å². The fourth-order valence-corrected chi connectivity index (χ4v) is 1.88. The number of hydrogen-bond acceptors (Lipinski definition) is 2. The van der Waals surface area contributed by atoms with Gasteiger partial charge in [-0.1, -0.05) is 36.4 Å². The Morgan fingerprint density at radius 3 is 2.28 bits per heavy atom. The summed E-state index contributed by atoms with van der Waals surface area (Å²) in [5.74, 6) is -2.07. The van der Waals surface area contributed by atoms with Gasteiger partial charge in [-0.05, 0) is 30.2 Å². The van der Waals surface area contributed by atoms with Crippen LogP contribution in [0.5, 0.6) is 5.75 Å². The summed E-state index contributed by atoms with van der Waals surface area (Å²) in [4.78, 5) is 0. The number of benzene rings is 2. The predicted octanol–water partition coefficient (Wildman–Crippen LogP) is 3.50. The van der Waals surface area contributed by atoms with E-state index in [1.807, 2.05) is 30.3 Å². The Hall–Kier alpha value is -1.87. The van der Waals surface area contributed by atoms with Crippen molar-refractivity contribution in [2.24, 2.45) is 0 Å². The van der Waals surface area contributed by atoms with E-state index in [0.717, 1.165) is 18.1 Å². The van der Waals surface area contributed by atoms with Crippen molar-refractivity contribution in [1.82, 2.24) is 0 Å². The standard InChI is InChI=1S/C15H15FO2/c1-15(16,17)13-9-8-12(10-14(13)18-2)11-6-4-3-5-7-11/h3-10,17H,1-2H3. The van der Waals surface area contributed by atoms with E-state index >= 15 is 0 Å². The lowest BCUT2D eigenvalue weighted by Crippen LogP contribution is -2.14. The monoisotopic (exact) mass is 246 g/mol. The maximum atomic E-state index is 13.6. The van der Waals surface area contributed by atoms with Crippen molar-refractivity contribution in [3.63, 3.8) is 0 Å². The van der Waals surface area contributed by atoms with Crippen LogP contribution in [0.3, 0.4) is 0 Å². The van der Waals surface area contributed by atoms with Crippen LogP contribution in [0.4, 0.5) is 4.39 Å². The topological polar surface area (TPSA) is 29.5 Å². The molecule has 2 rings (SSSR count). The van der Waals surface area contributed by atoms with Crippen LogP contribution in [0.25, 0.3) is 11.1 Å². The maximum Gasteiger partial charge on any atom is 0.233 e. The Morgan fingerprint density at radius 1 is 1.06 bits per heavy atom. The molecule has 0 bridgehead atoms. The molecule has 0 amide bonds. The molecule has 0 aliphatic heterocycles. The Bertz CT molecular complexity index is 530. The highest BCUT2D eigenvalue weighted by atomic mass is 19.2. The molecule has 0 saturated carbocycles. The number of hydrogen-bond donors (Lipinski definition) is 1. The second kappa shape index (κ2) is 4.78. The number of rotatable bonds is 3. The highest BCUT2D eigenvalue weighted by molar-refractivity contribution is 5.66. The zero-order valence-electron chi connectivity index (χ0n) is 10.4. The molecule has 0 saturated heterocycles. The van der Waals surface area contributed by atoms with Gasteiger partial charge in [-0.15, -0.1) is 0 Å². The van der Waals surface area contributed by atoms with Crippen LogP contribution in [0.2, 0.25) is 0 Å². The predicted molar refractivity (Wildman–Crippen MR) is 69.1 cm³/mol. The van der Waals surface area contributed by atoms with E-state index in [-0.39, 0.29) is 5.56 Å². The highest BCUT2D eigenvalue weighted by Gasteiger charge is 2.25. The van der Waals surface area contributed by atoms with Crippen LogP contribution in [0.15, 0.2) is 48.5 Å². The normalized spacial score (nSPS) is 14.0. The number of methoxy groups -OCH3 is 1. The van der Waals surface area contributed by atoms with Gasteiger partial charge in [0.05, 0.1) is 12.7 Å². The summed E-state index contributed by atoms with van der Waals surface area (Å²) in [5, 5.41) is 9.42. The first-order valence-corrected chi connectivity index (χ1v) is 5.67. The molecule has 2 aromatic rings. The summed E-state index contributed by atoms with van der Waals surface area (Å²) >= 11 is 0. The van der Waals surface area contributed by atoms with Crippen molar-refractivity contribution in [3.8, 4) is 16.9 Å². The Labute approximate surface area is 106 Å². The van der Waals surface area contributed by atoms with Gasteiger partial charge in [0.25, 0.3) is 0 Å². The fourth-order valence-electron chi connectivity index (χ4n) is 1.88. The molecule has 94 valence electrons. The summed E-state index contributed by atoms with van der Waals surface area (Å²) in [6.07, 6.45) is 0. The Balaban J connectivity index is 2.49. The largest absolute Gasteiger partial charge is 0.496 e. The summed E-state index contributed by atoms with van der Waals surface area (Å²) < 4.78 is 18.7. The summed E-state index contributed by atoms with van der Waals surface area (Å²) in [6, 6.07) is 14.7. The summed E-state index contributed by atoms with van der Waals surface area (Å²) in [6.45, 7) is 1.09. The van der Waals surface area contributed by atoms with Crippen LogP contribution < -0.4 is 4.74 Å². The molecule has 0 radical (unpaired) electrons. The quantitative estimate of drug-likeness (QED) is 0.898. The van der Waals surface area contributed by atoms with Gasteiger partial charge in [-0.25, -0.2) is 4.39 Å². The highest BCUT2D eigenvalue weighted by Crippen LogP contribution is 2.34. The minimum absolute atomic E-state index is 0.129. The smallest absolute Gasteiger partial charge is 0.233 e. The van der Waals surface area contributed by atoms with E-state index in [0.29, 0.717) is 5.75 Å². The zero-order chi connectivity index (χ0) is 13.2. The van der Waals surface area contributed by atoms with Gasteiger partial charge in [-0.3, -0.25) is 0 Å². The van der Waals surface area contributed by atoms with Gasteiger partial charge < -0.3 is 9.84 Å². The van der Waals surface area contributed by atoms with Gasteiger partial charge in [0.2, 0.25) is 5.85 Å². The van der Waals surface area contributed by atoms with Crippen LogP contribution in [0.1, 0.15) is 12.5 Å². The SMILES string of the molecule is COc1cc(-c2ccccc2)ccc1C(C)(O)F. The average Bonchev–Trinajstić information content (AvgIpc) is 2.38. The van der Waals surface area contributed by atoms with E-state index < -0.39 is 5.85 Å². The van der Waals surface area contributed by atoms with Crippen molar-refractivity contribution >= 4 is 0 Å². The fraction of sp³-hybridized carbons (Fsp3) is 0.200. The van der Waals surface area contributed by atoms with Crippen molar-refractivity contribution < 1.29 is 14.2 Å². The minimum Gasteiger partial charge on any atom is -0.496 e. The number of alkyl halides is 1. The third-order valence-corrected chi connectivity index (χ3v) is 2.80. The van der Waals surface area contributed by atoms with Crippen LogP contribution in [-0.4, -0.2) is 12.2 Å². The number of halogens is 1. The molecule has 0 aliphatic carbocycles. The summed E-state index contributed by atoms with van der Waals surface area (Å²) in [7, 11) is 1.46. The zero-order valence-corrected chi connectivity index (χ0v) is 10.4. The van der Waals surface area contributed by atoms with Crippen LogP contribution >= 0.6 is 0 Å². The molecule has 1 atom stereocenters. The summed E-state index contributed by atoms with van der Waals surface area (Å²) in [5.41, 5.74) is 2.06. The van der Waals surface area contributed by atoms with E-state index in [1.54, 1.807) is 18.2 Å².